The van der Waals surface area contributed by atoms with Gasteiger partial charge in [-0.3, -0.25) is 4.90 Å². The van der Waals surface area contributed by atoms with Crippen molar-refractivity contribution >= 4 is 0 Å². The summed E-state index contributed by atoms with van der Waals surface area (Å²) < 4.78 is 0. The van der Waals surface area contributed by atoms with Crippen LogP contribution in [0.1, 0.15) is 44.9 Å². The highest BCUT2D eigenvalue weighted by Crippen LogP contribution is 2.26. The Hall–Kier alpha value is -0.120. The Morgan fingerprint density at radius 1 is 1.11 bits per heavy atom. The second-order valence-electron chi connectivity index (χ2n) is 6.26. The zero-order valence-corrected chi connectivity index (χ0v) is 12.0. The van der Waals surface area contributed by atoms with Gasteiger partial charge in [0.25, 0.3) is 0 Å². The highest BCUT2D eigenvalue weighted by Gasteiger charge is 2.25. The van der Waals surface area contributed by atoms with Crippen LogP contribution >= 0.6 is 0 Å². The molecule has 1 atom stereocenters. The summed E-state index contributed by atoms with van der Waals surface area (Å²) in [4.78, 5) is 5.02. The normalized spacial score (nSPS) is 27.8. The van der Waals surface area contributed by atoms with E-state index in [0.717, 1.165) is 12.5 Å². The first-order chi connectivity index (χ1) is 8.79. The van der Waals surface area contributed by atoms with E-state index >= 15 is 0 Å². The van der Waals surface area contributed by atoms with Crippen LogP contribution in [0.2, 0.25) is 0 Å². The summed E-state index contributed by atoms with van der Waals surface area (Å²) in [6.07, 6.45) is 9.89. The number of likely N-dealkylation sites (tertiary alicyclic amines) is 1. The summed E-state index contributed by atoms with van der Waals surface area (Å²) in [7, 11) is 2.16. The van der Waals surface area contributed by atoms with Gasteiger partial charge in [0.05, 0.1) is 6.61 Å². The van der Waals surface area contributed by atoms with Gasteiger partial charge < -0.3 is 10.0 Å². The first-order valence-electron chi connectivity index (χ1n) is 7.83. The van der Waals surface area contributed by atoms with Crippen molar-refractivity contribution in [1.29, 1.82) is 0 Å². The number of aliphatic hydroxyl groups is 1. The van der Waals surface area contributed by atoms with Crippen molar-refractivity contribution in [2.45, 2.75) is 51.0 Å². The lowest BCUT2D eigenvalue weighted by Crippen LogP contribution is -2.48. The van der Waals surface area contributed by atoms with Crippen LogP contribution in [0.3, 0.4) is 0 Å². The van der Waals surface area contributed by atoms with Gasteiger partial charge in [0, 0.05) is 25.7 Å². The van der Waals surface area contributed by atoms with E-state index in [1.54, 1.807) is 0 Å². The molecule has 1 heterocycles. The third kappa shape index (κ3) is 4.22. The number of hydrogen-bond donors (Lipinski definition) is 1. The van der Waals surface area contributed by atoms with Crippen molar-refractivity contribution in [2.75, 3.05) is 39.8 Å². The Labute approximate surface area is 112 Å². The van der Waals surface area contributed by atoms with E-state index in [2.05, 4.69) is 16.8 Å². The van der Waals surface area contributed by atoms with E-state index < -0.39 is 0 Å². The molecule has 1 saturated carbocycles. The quantitative estimate of drug-likeness (QED) is 0.812. The molecule has 0 bridgehead atoms. The molecule has 1 aliphatic carbocycles. The Morgan fingerprint density at radius 3 is 2.61 bits per heavy atom. The van der Waals surface area contributed by atoms with Crippen molar-refractivity contribution in [2.24, 2.45) is 5.92 Å². The van der Waals surface area contributed by atoms with Gasteiger partial charge >= 0.3 is 0 Å². The molecule has 2 fully saturated rings. The molecule has 0 spiro atoms. The number of nitrogens with zero attached hydrogens (tertiary/aromatic N) is 2. The number of aliphatic hydroxyl groups excluding tert-OH is 1. The van der Waals surface area contributed by atoms with Crippen LogP contribution in [0.4, 0.5) is 0 Å². The molecule has 0 aromatic heterocycles. The predicted molar refractivity (Wildman–Crippen MR) is 75.8 cm³/mol. The van der Waals surface area contributed by atoms with Gasteiger partial charge in [0.1, 0.15) is 0 Å². The standard InChI is InChI=1S/C15H30N2O/c1-16(10-11-18)15-8-5-9-17(13-15)12-14-6-3-2-4-7-14/h14-15,18H,2-13H2,1H3. The van der Waals surface area contributed by atoms with Crippen LogP contribution in [0.15, 0.2) is 0 Å². The molecule has 2 aliphatic rings. The maximum atomic E-state index is 9.04. The van der Waals surface area contributed by atoms with Crippen molar-refractivity contribution in [3.63, 3.8) is 0 Å². The molecule has 1 unspecified atom stereocenters. The molecule has 18 heavy (non-hydrogen) atoms. The molecular weight excluding hydrogens is 224 g/mol. The van der Waals surface area contributed by atoms with E-state index in [1.807, 2.05) is 0 Å². The van der Waals surface area contributed by atoms with Crippen LogP contribution in [0.25, 0.3) is 0 Å². The van der Waals surface area contributed by atoms with E-state index in [1.165, 1.54) is 64.6 Å². The van der Waals surface area contributed by atoms with E-state index in [0.29, 0.717) is 6.04 Å². The molecular formula is C15H30N2O. The number of rotatable bonds is 5. The second-order valence-corrected chi connectivity index (χ2v) is 6.26. The molecule has 1 aliphatic heterocycles. The van der Waals surface area contributed by atoms with E-state index in [4.69, 9.17) is 5.11 Å². The summed E-state index contributed by atoms with van der Waals surface area (Å²) in [6, 6.07) is 0.662. The smallest absolute Gasteiger partial charge is 0.0558 e. The van der Waals surface area contributed by atoms with Crippen molar-refractivity contribution in [3.05, 3.63) is 0 Å². The van der Waals surface area contributed by atoms with Crippen LogP contribution in [-0.2, 0) is 0 Å². The monoisotopic (exact) mass is 254 g/mol. The molecule has 0 aromatic rings. The maximum Gasteiger partial charge on any atom is 0.0558 e. The van der Waals surface area contributed by atoms with Gasteiger partial charge in [-0.05, 0) is 45.2 Å². The maximum absolute atomic E-state index is 9.04. The Morgan fingerprint density at radius 2 is 1.89 bits per heavy atom. The van der Waals surface area contributed by atoms with Crippen LogP contribution < -0.4 is 0 Å². The molecule has 3 nitrogen and oxygen atoms in total. The first kappa shape index (κ1) is 14.3. The Kier molecular flexibility index (Phi) is 5.93. The zero-order valence-electron chi connectivity index (χ0n) is 12.0. The molecule has 0 aromatic carbocycles. The highest BCUT2D eigenvalue weighted by atomic mass is 16.3. The van der Waals surface area contributed by atoms with Crippen molar-refractivity contribution in [1.82, 2.24) is 9.80 Å². The van der Waals surface area contributed by atoms with Crippen LogP contribution in [0, 0.1) is 5.92 Å². The lowest BCUT2D eigenvalue weighted by molar-refractivity contribution is 0.0862. The lowest BCUT2D eigenvalue weighted by Gasteiger charge is -2.39. The largest absolute Gasteiger partial charge is 0.395 e. The van der Waals surface area contributed by atoms with E-state index in [-0.39, 0.29) is 6.61 Å². The summed E-state index contributed by atoms with van der Waals surface area (Å²) in [5.74, 6) is 0.959. The van der Waals surface area contributed by atoms with Gasteiger partial charge in [-0.1, -0.05) is 19.3 Å². The van der Waals surface area contributed by atoms with Gasteiger partial charge in [-0.2, -0.15) is 0 Å². The Bertz CT molecular complexity index is 229. The second kappa shape index (κ2) is 7.46. The first-order valence-corrected chi connectivity index (χ1v) is 7.83. The topological polar surface area (TPSA) is 26.7 Å². The third-order valence-electron chi connectivity index (χ3n) is 4.80. The molecule has 0 radical (unpaired) electrons. The fraction of sp³-hybridized carbons (Fsp3) is 1.00. The number of piperidine rings is 1. The lowest BCUT2D eigenvalue weighted by atomic mass is 9.88. The van der Waals surface area contributed by atoms with Gasteiger partial charge in [0.15, 0.2) is 0 Å². The average molecular weight is 254 g/mol. The third-order valence-corrected chi connectivity index (χ3v) is 4.80. The summed E-state index contributed by atoms with van der Waals surface area (Å²) in [5.41, 5.74) is 0. The van der Waals surface area contributed by atoms with Crippen molar-refractivity contribution in [3.8, 4) is 0 Å². The minimum atomic E-state index is 0.287. The molecule has 0 amide bonds. The van der Waals surface area contributed by atoms with Gasteiger partial charge in [0.2, 0.25) is 0 Å². The summed E-state index contributed by atoms with van der Waals surface area (Å²) in [5, 5.41) is 9.04. The molecule has 3 heteroatoms. The van der Waals surface area contributed by atoms with Gasteiger partial charge in [-0.25, -0.2) is 0 Å². The number of likely N-dealkylation sites (N-methyl/N-ethyl adjacent to an activating group) is 1. The molecule has 2 rings (SSSR count). The summed E-state index contributed by atoms with van der Waals surface area (Å²) in [6.45, 7) is 4.94. The Balaban J connectivity index is 1.75. The van der Waals surface area contributed by atoms with Gasteiger partial charge in [-0.15, -0.1) is 0 Å². The zero-order chi connectivity index (χ0) is 12.8. The van der Waals surface area contributed by atoms with Crippen LogP contribution in [0.5, 0.6) is 0 Å². The number of hydrogen-bond acceptors (Lipinski definition) is 3. The summed E-state index contributed by atoms with van der Waals surface area (Å²) >= 11 is 0. The predicted octanol–water partition coefficient (Wildman–Crippen LogP) is 1.96. The minimum absolute atomic E-state index is 0.287. The van der Waals surface area contributed by atoms with Crippen LogP contribution in [-0.4, -0.2) is 60.8 Å². The fourth-order valence-electron chi connectivity index (χ4n) is 3.63. The molecule has 106 valence electrons. The van der Waals surface area contributed by atoms with Crippen molar-refractivity contribution < 1.29 is 5.11 Å². The minimum Gasteiger partial charge on any atom is -0.395 e. The fourth-order valence-corrected chi connectivity index (χ4v) is 3.63. The highest BCUT2D eigenvalue weighted by molar-refractivity contribution is 4.81. The molecule has 1 saturated heterocycles. The molecule has 1 N–H and O–H groups in total. The van der Waals surface area contributed by atoms with E-state index in [9.17, 15) is 0 Å². The SMILES string of the molecule is CN(CCO)C1CCCN(CC2CCCCC2)C1. The average Bonchev–Trinajstić information content (AvgIpc) is 2.40.